The van der Waals surface area contributed by atoms with E-state index in [1.165, 1.54) is 12.1 Å². The fraction of sp³-hybridized carbons (Fsp3) is 0.0500. The molecule has 2 heterocycles. The predicted molar refractivity (Wildman–Crippen MR) is 95.8 cm³/mol. The maximum Gasteiger partial charge on any atom is 0.340 e. The topological polar surface area (TPSA) is 105 Å². The molecule has 2 N–H and O–H groups in total. The van der Waals surface area contributed by atoms with Crippen molar-refractivity contribution in [3.05, 3.63) is 93.0 Å². The maximum absolute atomic E-state index is 12.6. The molecule has 3 aromatic rings. The first-order valence-corrected chi connectivity index (χ1v) is 8.20. The lowest BCUT2D eigenvalue weighted by Crippen LogP contribution is -2.33. The second kappa shape index (κ2) is 5.07. The van der Waals surface area contributed by atoms with Gasteiger partial charge in [-0.1, -0.05) is 18.2 Å². The van der Waals surface area contributed by atoms with Gasteiger partial charge in [-0.2, -0.15) is 0 Å². The summed E-state index contributed by atoms with van der Waals surface area (Å²) in [6, 6.07) is 16.5. The Balaban J connectivity index is 1.88. The predicted octanol–water partition coefficient (Wildman–Crippen LogP) is 3.75. The molecule has 7 heteroatoms. The fourth-order valence-electron chi connectivity index (χ4n) is 3.79. The summed E-state index contributed by atoms with van der Waals surface area (Å²) in [6.45, 7) is 0. The number of non-ortho nitro benzene ring substituents is 1. The quantitative estimate of drug-likeness (QED) is 0.307. The molecule has 0 saturated heterocycles. The van der Waals surface area contributed by atoms with Crippen molar-refractivity contribution in [2.24, 2.45) is 0 Å². The number of rotatable bonds is 1. The minimum absolute atomic E-state index is 0.117. The van der Waals surface area contributed by atoms with E-state index in [4.69, 9.17) is 15.2 Å². The highest BCUT2D eigenvalue weighted by Crippen LogP contribution is 2.56. The van der Waals surface area contributed by atoms with Crippen molar-refractivity contribution >= 4 is 17.3 Å². The smallest absolute Gasteiger partial charge is 0.340 e. The largest absolute Gasteiger partial charge is 0.456 e. The van der Waals surface area contributed by atoms with Crippen molar-refractivity contribution in [2.75, 3.05) is 5.73 Å². The van der Waals surface area contributed by atoms with Crippen LogP contribution in [0.15, 0.2) is 60.7 Å². The van der Waals surface area contributed by atoms with Gasteiger partial charge in [0.25, 0.3) is 5.69 Å². The molecule has 1 spiro atoms. The lowest BCUT2D eigenvalue weighted by Gasteiger charge is -2.36. The van der Waals surface area contributed by atoms with E-state index in [0.29, 0.717) is 33.7 Å². The first kappa shape index (κ1) is 15.4. The Labute approximate surface area is 153 Å². The summed E-state index contributed by atoms with van der Waals surface area (Å²) >= 11 is 0. The average Bonchev–Trinajstić information content (AvgIpc) is 2.95. The lowest BCUT2D eigenvalue weighted by atomic mass is 9.77. The molecule has 132 valence electrons. The molecule has 0 aliphatic carbocycles. The Kier molecular flexibility index (Phi) is 2.89. The summed E-state index contributed by atoms with van der Waals surface area (Å²) in [5.41, 5.74) is 7.28. The van der Waals surface area contributed by atoms with E-state index in [1.807, 2.05) is 12.1 Å². The Morgan fingerprint density at radius 1 is 0.926 bits per heavy atom. The monoisotopic (exact) mass is 360 g/mol. The minimum Gasteiger partial charge on any atom is -0.456 e. The van der Waals surface area contributed by atoms with E-state index >= 15 is 0 Å². The lowest BCUT2D eigenvalue weighted by molar-refractivity contribution is -0.384. The number of ether oxygens (including phenoxy) is 2. The molecule has 7 nitrogen and oxygen atoms in total. The van der Waals surface area contributed by atoms with Crippen molar-refractivity contribution in [3.8, 4) is 11.5 Å². The molecule has 0 aromatic heterocycles. The number of carbonyl (C=O) groups excluding carboxylic acids is 1. The van der Waals surface area contributed by atoms with Gasteiger partial charge in [0, 0.05) is 34.5 Å². The minimum atomic E-state index is -1.24. The van der Waals surface area contributed by atoms with Gasteiger partial charge in [-0.05, 0) is 24.3 Å². The number of hydrogen-bond acceptors (Lipinski definition) is 6. The van der Waals surface area contributed by atoms with Crippen LogP contribution in [-0.4, -0.2) is 10.9 Å². The molecule has 0 fully saturated rings. The van der Waals surface area contributed by atoms with Crippen LogP contribution in [0.5, 0.6) is 11.5 Å². The van der Waals surface area contributed by atoms with Crippen LogP contribution in [0.4, 0.5) is 11.4 Å². The number of fused-ring (bicyclic) bond motifs is 6. The van der Waals surface area contributed by atoms with Crippen molar-refractivity contribution in [1.82, 2.24) is 0 Å². The van der Waals surface area contributed by atoms with Crippen molar-refractivity contribution in [1.29, 1.82) is 0 Å². The Hall–Kier alpha value is -3.87. The Bertz CT molecular complexity index is 1160. The van der Waals surface area contributed by atoms with E-state index in [2.05, 4.69) is 0 Å². The SMILES string of the molecule is Nc1ccc2c(c1)Oc1cc([N+](=O)[O-])ccc1C21OC(=O)c2ccccc21. The highest BCUT2D eigenvalue weighted by Gasteiger charge is 2.53. The summed E-state index contributed by atoms with van der Waals surface area (Å²) in [4.78, 5) is 23.3. The molecular formula is C20H12N2O5. The van der Waals surface area contributed by atoms with Crippen molar-refractivity contribution < 1.29 is 19.2 Å². The van der Waals surface area contributed by atoms with Crippen LogP contribution < -0.4 is 10.5 Å². The van der Waals surface area contributed by atoms with Gasteiger partial charge in [-0.3, -0.25) is 10.1 Å². The summed E-state index contributed by atoms with van der Waals surface area (Å²) in [6.07, 6.45) is 0. The highest BCUT2D eigenvalue weighted by atomic mass is 16.6. The molecule has 1 atom stereocenters. The zero-order valence-corrected chi connectivity index (χ0v) is 13.8. The van der Waals surface area contributed by atoms with Gasteiger partial charge >= 0.3 is 5.97 Å². The molecule has 0 saturated carbocycles. The molecule has 3 aromatic carbocycles. The molecule has 2 aliphatic heterocycles. The van der Waals surface area contributed by atoms with Gasteiger partial charge in [0.2, 0.25) is 0 Å². The number of benzene rings is 3. The van der Waals surface area contributed by atoms with Gasteiger partial charge < -0.3 is 15.2 Å². The van der Waals surface area contributed by atoms with Gasteiger partial charge in [-0.15, -0.1) is 0 Å². The van der Waals surface area contributed by atoms with Gasteiger partial charge in [-0.25, -0.2) is 4.79 Å². The zero-order chi connectivity index (χ0) is 18.8. The van der Waals surface area contributed by atoms with Crippen LogP contribution in [0.25, 0.3) is 0 Å². The van der Waals surface area contributed by atoms with E-state index in [9.17, 15) is 14.9 Å². The first-order valence-electron chi connectivity index (χ1n) is 8.20. The molecular weight excluding hydrogens is 348 g/mol. The number of anilines is 1. The first-order chi connectivity index (χ1) is 13.0. The summed E-state index contributed by atoms with van der Waals surface area (Å²) < 4.78 is 11.8. The number of nitrogen functional groups attached to an aromatic ring is 1. The molecule has 0 amide bonds. The number of nitro benzene ring substituents is 1. The highest BCUT2D eigenvalue weighted by molar-refractivity contribution is 5.97. The second-order valence-corrected chi connectivity index (χ2v) is 6.41. The third-order valence-electron chi connectivity index (χ3n) is 4.93. The number of nitrogens with two attached hydrogens (primary N) is 1. The Morgan fingerprint density at radius 3 is 2.41 bits per heavy atom. The molecule has 2 aliphatic rings. The number of carbonyl (C=O) groups is 1. The van der Waals surface area contributed by atoms with Crippen LogP contribution in [0.2, 0.25) is 0 Å². The molecule has 27 heavy (non-hydrogen) atoms. The molecule has 0 bridgehead atoms. The van der Waals surface area contributed by atoms with Gasteiger partial charge in [0.15, 0.2) is 5.60 Å². The normalized spacial score (nSPS) is 18.9. The van der Waals surface area contributed by atoms with Crippen LogP contribution in [0, 0.1) is 10.1 Å². The average molecular weight is 360 g/mol. The maximum atomic E-state index is 12.6. The van der Waals surface area contributed by atoms with Crippen LogP contribution in [0.1, 0.15) is 27.0 Å². The Morgan fingerprint density at radius 2 is 1.63 bits per heavy atom. The third kappa shape index (κ3) is 1.93. The summed E-state index contributed by atoms with van der Waals surface area (Å²) in [7, 11) is 0. The number of esters is 1. The van der Waals surface area contributed by atoms with Crippen LogP contribution in [0.3, 0.4) is 0 Å². The number of nitrogens with zero attached hydrogens (tertiary/aromatic N) is 1. The van der Waals surface area contributed by atoms with Crippen LogP contribution >= 0.6 is 0 Å². The molecule has 5 rings (SSSR count). The van der Waals surface area contributed by atoms with Crippen molar-refractivity contribution in [3.63, 3.8) is 0 Å². The van der Waals surface area contributed by atoms with E-state index in [1.54, 1.807) is 36.4 Å². The van der Waals surface area contributed by atoms with Crippen LogP contribution in [-0.2, 0) is 10.3 Å². The summed E-state index contributed by atoms with van der Waals surface area (Å²) in [5, 5.41) is 11.2. The zero-order valence-electron chi connectivity index (χ0n) is 13.8. The van der Waals surface area contributed by atoms with E-state index in [-0.39, 0.29) is 11.4 Å². The van der Waals surface area contributed by atoms with Gasteiger partial charge in [0.05, 0.1) is 16.6 Å². The van der Waals surface area contributed by atoms with E-state index < -0.39 is 16.5 Å². The second-order valence-electron chi connectivity index (χ2n) is 6.41. The number of hydrogen-bond donors (Lipinski definition) is 1. The van der Waals surface area contributed by atoms with Gasteiger partial charge in [0.1, 0.15) is 11.5 Å². The molecule has 0 radical (unpaired) electrons. The van der Waals surface area contributed by atoms with Crippen molar-refractivity contribution in [2.45, 2.75) is 5.60 Å². The van der Waals surface area contributed by atoms with E-state index in [0.717, 1.165) is 0 Å². The third-order valence-corrected chi connectivity index (χ3v) is 4.93. The fourth-order valence-corrected chi connectivity index (χ4v) is 3.79. The number of nitro groups is 1. The standard InChI is InChI=1S/C20H12N2O5/c21-11-5-7-15-17(9-11)26-18-10-12(22(24)25)6-8-16(18)20(15)14-4-2-1-3-13(14)19(23)27-20/h1-10H,21H2. The summed E-state index contributed by atoms with van der Waals surface area (Å²) in [5.74, 6) is 0.193. The molecule has 1 unspecified atom stereocenters.